The Morgan fingerprint density at radius 2 is 2.00 bits per heavy atom. The number of rotatable bonds is 2. The standard InChI is InChI=1S/C23H24ClN3O2/c1-27-10-8-23(9-11-27)14-20(17-4-2-3-5-21(17)29-23)26-22(28)19-12-15-6-7-16(24)13-18(15)25-19/h2-7,12-13,20,25H,8-11,14H2,1H3,(H,26,28). The van der Waals surface area contributed by atoms with Crippen LogP contribution >= 0.6 is 11.6 Å². The van der Waals surface area contributed by atoms with E-state index in [4.69, 9.17) is 16.3 Å². The molecule has 0 radical (unpaired) electrons. The average molecular weight is 410 g/mol. The molecule has 6 heteroatoms. The van der Waals surface area contributed by atoms with E-state index < -0.39 is 0 Å². The van der Waals surface area contributed by atoms with Crippen LogP contribution in [0, 0.1) is 0 Å². The van der Waals surface area contributed by atoms with Gasteiger partial charge in [-0.05, 0) is 44.2 Å². The summed E-state index contributed by atoms with van der Waals surface area (Å²) in [6, 6.07) is 15.4. The highest BCUT2D eigenvalue weighted by Crippen LogP contribution is 2.44. The summed E-state index contributed by atoms with van der Waals surface area (Å²) >= 11 is 6.07. The van der Waals surface area contributed by atoms with E-state index in [0.717, 1.165) is 54.6 Å². The molecule has 29 heavy (non-hydrogen) atoms. The molecular weight excluding hydrogens is 386 g/mol. The smallest absolute Gasteiger partial charge is 0.268 e. The second kappa shape index (κ2) is 7.08. The highest BCUT2D eigenvalue weighted by molar-refractivity contribution is 6.31. The Balaban J connectivity index is 1.43. The van der Waals surface area contributed by atoms with Crippen LogP contribution in [0.2, 0.25) is 5.02 Å². The number of aromatic nitrogens is 1. The Morgan fingerprint density at radius 1 is 1.21 bits per heavy atom. The number of hydrogen-bond donors (Lipinski definition) is 2. The maximum Gasteiger partial charge on any atom is 0.268 e. The van der Waals surface area contributed by atoms with Gasteiger partial charge in [-0.15, -0.1) is 0 Å². The van der Waals surface area contributed by atoms with Crippen LogP contribution < -0.4 is 10.1 Å². The topological polar surface area (TPSA) is 57.4 Å². The van der Waals surface area contributed by atoms with E-state index in [-0.39, 0.29) is 17.6 Å². The van der Waals surface area contributed by atoms with E-state index in [0.29, 0.717) is 10.7 Å². The lowest BCUT2D eigenvalue weighted by molar-refractivity contribution is -0.0196. The largest absolute Gasteiger partial charge is 0.487 e. The van der Waals surface area contributed by atoms with Gasteiger partial charge in [-0.3, -0.25) is 4.79 Å². The minimum Gasteiger partial charge on any atom is -0.487 e. The Hall–Kier alpha value is -2.50. The highest BCUT2D eigenvalue weighted by Gasteiger charge is 2.43. The second-order valence-corrected chi connectivity index (χ2v) is 8.71. The lowest BCUT2D eigenvalue weighted by atomic mass is 9.80. The number of hydrogen-bond acceptors (Lipinski definition) is 3. The third-order valence-electron chi connectivity index (χ3n) is 6.23. The van der Waals surface area contributed by atoms with Crippen LogP contribution in [0.5, 0.6) is 5.75 Å². The van der Waals surface area contributed by atoms with Gasteiger partial charge >= 0.3 is 0 Å². The molecule has 1 saturated heterocycles. The third-order valence-corrected chi connectivity index (χ3v) is 6.46. The summed E-state index contributed by atoms with van der Waals surface area (Å²) in [5, 5.41) is 4.87. The Kier molecular flexibility index (Phi) is 4.52. The first-order valence-corrected chi connectivity index (χ1v) is 10.4. The highest BCUT2D eigenvalue weighted by atomic mass is 35.5. The van der Waals surface area contributed by atoms with E-state index in [1.54, 1.807) is 0 Å². The number of nitrogens with one attached hydrogen (secondary N) is 2. The van der Waals surface area contributed by atoms with Crippen molar-refractivity contribution in [2.45, 2.75) is 30.9 Å². The maximum atomic E-state index is 13.1. The zero-order chi connectivity index (χ0) is 20.0. The molecule has 5 nitrogen and oxygen atoms in total. The zero-order valence-electron chi connectivity index (χ0n) is 16.4. The van der Waals surface area contributed by atoms with Crippen molar-refractivity contribution in [2.24, 2.45) is 0 Å². The van der Waals surface area contributed by atoms with Crippen LogP contribution in [0.4, 0.5) is 0 Å². The number of carbonyl (C=O) groups is 1. The molecule has 1 aromatic heterocycles. The van der Waals surface area contributed by atoms with Crippen LogP contribution in [-0.2, 0) is 0 Å². The molecule has 1 unspecified atom stereocenters. The van der Waals surface area contributed by atoms with Crippen molar-refractivity contribution >= 4 is 28.4 Å². The number of para-hydroxylation sites is 1. The first-order chi connectivity index (χ1) is 14.0. The Labute approximate surface area is 175 Å². The number of ether oxygens (including phenoxy) is 1. The molecule has 1 atom stereocenters. The maximum absolute atomic E-state index is 13.1. The van der Waals surface area contributed by atoms with Gasteiger partial charge in [0.25, 0.3) is 5.91 Å². The van der Waals surface area contributed by atoms with Crippen molar-refractivity contribution in [1.82, 2.24) is 15.2 Å². The summed E-state index contributed by atoms with van der Waals surface area (Å²) in [6.45, 7) is 2.01. The summed E-state index contributed by atoms with van der Waals surface area (Å²) in [6.07, 6.45) is 2.72. The molecule has 0 bridgehead atoms. The predicted octanol–water partition coefficient (Wildman–Crippen LogP) is 4.54. The van der Waals surface area contributed by atoms with Crippen LogP contribution in [0.3, 0.4) is 0 Å². The molecule has 2 aliphatic heterocycles. The Morgan fingerprint density at radius 3 is 2.83 bits per heavy atom. The summed E-state index contributed by atoms with van der Waals surface area (Å²) in [5.74, 6) is 0.777. The summed E-state index contributed by atoms with van der Waals surface area (Å²) in [7, 11) is 2.14. The molecule has 2 N–H and O–H groups in total. The van der Waals surface area contributed by atoms with Gasteiger partial charge in [0.05, 0.1) is 6.04 Å². The number of nitrogens with zero attached hydrogens (tertiary/aromatic N) is 1. The molecule has 2 aromatic carbocycles. The molecule has 150 valence electrons. The van der Waals surface area contributed by atoms with E-state index in [1.165, 1.54) is 0 Å². The second-order valence-electron chi connectivity index (χ2n) is 8.27. The number of likely N-dealkylation sites (tertiary alicyclic amines) is 1. The van der Waals surface area contributed by atoms with Gasteiger partial charge in [0.2, 0.25) is 0 Å². The lowest BCUT2D eigenvalue weighted by Crippen LogP contribution is -2.51. The fraction of sp³-hybridized carbons (Fsp3) is 0.348. The number of benzene rings is 2. The summed E-state index contributed by atoms with van der Waals surface area (Å²) < 4.78 is 6.49. The van der Waals surface area contributed by atoms with Gasteiger partial charge in [0.1, 0.15) is 17.0 Å². The van der Waals surface area contributed by atoms with Crippen molar-refractivity contribution in [2.75, 3.05) is 20.1 Å². The molecular formula is C23H24ClN3O2. The van der Waals surface area contributed by atoms with Crippen LogP contribution in [0.25, 0.3) is 10.9 Å². The van der Waals surface area contributed by atoms with Crippen LogP contribution in [0.15, 0.2) is 48.5 Å². The minimum atomic E-state index is -0.215. The number of aromatic amines is 1. The van der Waals surface area contributed by atoms with Gasteiger partial charge in [0.15, 0.2) is 0 Å². The van der Waals surface area contributed by atoms with Crippen LogP contribution in [0.1, 0.15) is 41.4 Å². The fourth-order valence-corrected chi connectivity index (χ4v) is 4.71. The lowest BCUT2D eigenvalue weighted by Gasteiger charge is -2.46. The van der Waals surface area contributed by atoms with E-state index in [1.807, 2.05) is 48.5 Å². The monoisotopic (exact) mass is 409 g/mol. The molecule has 5 rings (SSSR count). The van der Waals surface area contributed by atoms with Gasteiger partial charge in [0, 0.05) is 41.0 Å². The van der Waals surface area contributed by atoms with Crippen molar-refractivity contribution in [3.63, 3.8) is 0 Å². The first kappa shape index (κ1) is 18.5. The molecule has 1 amide bonds. The quantitative estimate of drug-likeness (QED) is 0.653. The number of piperidine rings is 1. The molecule has 2 aliphatic rings. The number of amides is 1. The number of halogens is 1. The van der Waals surface area contributed by atoms with Crippen molar-refractivity contribution in [3.8, 4) is 5.75 Å². The molecule has 1 spiro atoms. The minimum absolute atomic E-state index is 0.0779. The predicted molar refractivity (Wildman–Crippen MR) is 115 cm³/mol. The number of H-pyrrole nitrogens is 1. The van der Waals surface area contributed by atoms with Gasteiger partial charge in [-0.2, -0.15) is 0 Å². The third kappa shape index (κ3) is 3.49. The van der Waals surface area contributed by atoms with Crippen molar-refractivity contribution in [1.29, 1.82) is 0 Å². The first-order valence-electron chi connectivity index (χ1n) is 10.1. The van der Waals surface area contributed by atoms with E-state index in [2.05, 4.69) is 22.2 Å². The Bertz CT molecular complexity index is 1070. The molecule has 3 heterocycles. The molecule has 1 fully saturated rings. The zero-order valence-corrected chi connectivity index (χ0v) is 17.1. The van der Waals surface area contributed by atoms with Crippen molar-refractivity contribution in [3.05, 3.63) is 64.8 Å². The van der Waals surface area contributed by atoms with Gasteiger partial charge in [-0.1, -0.05) is 35.9 Å². The molecule has 0 saturated carbocycles. The van der Waals surface area contributed by atoms with E-state index >= 15 is 0 Å². The summed E-state index contributed by atoms with van der Waals surface area (Å²) in [5.41, 5.74) is 2.24. The molecule has 0 aliphatic carbocycles. The summed E-state index contributed by atoms with van der Waals surface area (Å²) in [4.78, 5) is 18.6. The van der Waals surface area contributed by atoms with E-state index in [9.17, 15) is 4.79 Å². The normalized spacial score (nSPS) is 21.0. The molecule has 3 aromatic rings. The fourth-order valence-electron chi connectivity index (χ4n) is 4.54. The van der Waals surface area contributed by atoms with Crippen molar-refractivity contribution < 1.29 is 9.53 Å². The number of fused-ring (bicyclic) bond motifs is 2. The number of carbonyl (C=O) groups excluding carboxylic acids is 1. The van der Waals surface area contributed by atoms with Gasteiger partial charge in [-0.25, -0.2) is 0 Å². The average Bonchev–Trinajstić information content (AvgIpc) is 3.14. The SMILES string of the molecule is CN1CCC2(CC1)CC(NC(=O)c1cc3ccc(Cl)cc3[nH]1)c1ccccc1O2. The van der Waals surface area contributed by atoms with Crippen LogP contribution in [-0.4, -0.2) is 41.5 Å². The van der Waals surface area contributed by atoms with Gasteiger partial charge < -0.3 is 19.9 Å².